The Bertz CT molecular complexity index is 1350. The first-order chi connectivity index (χ1) is 17.8. The maximum absolute atomic E-state index is 5.29. The maximum Gasteiger partial charge on any atom is 0.0942 e. The van der Waals surface area contributed by atoms with E-state index in [4.69, 9.17) is 9.97 Å². The van der Waals surface area contributed by atoms with Gasteiger partial charge in [0.25, 0.3) is 0 Å². The minimum atomic E-state index is 0.350. The summed E-state index contributed by atoms with van der Waals surface area (Å²) in [5.41, 5.74) is 12.0. The van der Waals surface area contributed by atoms with Crippen LogP contribution in [0.5, 0.6) is 0 Å². The highest BCUT2D eigenvalue weighted by atomic mass is 15.1. The molecule has 4 rings (SSSR count). The Kier molecular flexibility index (Phi) is 8.36. The lowest BCUT2D eigenvalue weighted by Gasteiger charge is -2.19. The molecule has 196 valence electrons. The third-order valence-corrected chi connectivity index (χ3v) is 8.00. The van der Waals surface area contributed by atoms with Crippen molar-refractivity contribution in [2.75, 3.05) is 5.32 Å². The molecule has 3 heterocycles. The van der Waals surface area contributed by atoms with Crippen molar-refractivity contribution in [2.45, 2.75) is 99.1 Å². The smallest absolute Gasteiger partial charge is 0.0942 e. The van der Waals surface area contributed by atoms with Crippen LogP contribution in [0.1, 0.15) is 107 Å². The van der Waals surface area contributed by atoms with Gasteiger partial charge >= 0.3 is 0 Å². The van der Waals surface area contributed by atoms with Gasteiger partial charge < -0.3 is 9.88 Å². The summed E-state index contributed by atoms with van der Waals surface area (Å²) in [6.45, 7) is 18.8. The number of nitrogens with one attached hydrogen (secondary N) is 1. The SMILES string of the molecule is CCc1c(C)c2nc(-c3cccnc3C(C)CC)cc(NCc3ccc(C(C)CC)cc3)c2n1C(C)C. The van der Waals surface area contributed by atoms with Crippen LogP contribution in [0.15, 0.2) is 48.7 Å². The number of hydrogen-bond donors (Lipinski definition) is 1. The second kappa shape index (κ2) is 11.5. The van der Waals surface area contributed by atoms with Gasteiger partial charge in [-0.1, -0.05) is 58.9 Å². The molecule has 37 heavy (non-hydrogen) atoms. The number of pyridine rings is 2. The molecule has 4 heteroatoms. The fourth-order valence-corrected chi connectivity index (χ4v) is 5.39. The van der Waals surface area contributed by atoms with Crippen molar-refractivity contribution in [3.8, 4) is 11.3 Å². The topological polar surface area (TPSA) is 42.7 Å². The van der Waals surface area contributed by atoms with Gasteiger partial charge in [-0.2, -0.15) is 0 Å². The van der Waals surface area contributed by atoms with E-state index < -0.39 is 0 Å². The van der Waals surface area contributed by atoms with E-state index in [2.05, 4.69) is 102 Å². The third kappa shape index (κ3) is 5.30. The highest BCUT2D eigenvalue weighted by Crippen LogP contribution is 2.38. The van der Waals surface area contributed by atoms with E-state index in [1.54, 1.807) is 0 Å². The van der Waals surface area contributed by atoms with Crippen molar-refractivity contribution in [1.29, 1.82) is 0 Å². The van der Waals surface area contributed by atoms with E-state index >= 15 is 0 Å². The molecule has 2 unspecified atom stereocenters. The van der Waals surface area contributed by atoms with Crippen molar-refractivity contribution in [3.05, 3.63) is 76.7 Å². The largest absolute Gasteiger partial charge is 0.379 e. The summed E-state index contributed by atoms with van der Waals surface area (Å²) in [6.07, 6.45) is 5.10. The Balaban J connectivity index is 1.85. The molecular formula is C33H44N4. The zero-order valence-electron chi connectivity index (χ0n) is 24.0. The zero-order chi connectivity index (χ0) is 26.7. The van der Waals surface area contributed by atoms with Crippen molar-refractivity contribution in [3.63, 3.8) is 0 Å². The van der Waals surface area contributed by atoms with Gasteiger partial charge in [0.15, 0.2) is 0 Å². The molecule has 0 saturated carbocycles. The maximum atomic E-state index is 5.29. The molecule has 0 aliphatic heterocycles. The molecule has 4 aromatic rings. The van der Waals surface area contributed by atoms with Crippen LogP contribution in [0.3, 0.4) is 0 Å². The van der Waals surface area contributed by atoms with Gasteiger partial charge in [-0.3, -0.25) is 4.98 Å². The average molecular weight is 497 g/mol. The summed E-state index contributed by atoms with van der Waals surface area (Å²) in [6, 6.07) is 15.9. The first kappa shape index (κ1) is 26.9. The highest BCUT2D eigenvalue weighted by Gasteiger charge is 2.22. The van der Waals surface area contributed by atoms with Gasteiger partial charge in [-0.15, -0.1) is 0 Å². The molecular weight excluding hydrogens is 452 g/mol. The Morgan fingerprint density at radius 3 is 2.24 bits per heavy atom. The number of aromatic nitrogens is 3. The van der Waals surface area contributed by atoms with Gasteiger partial charge in [0.1, 0.15) is 0 Å². The van der Waals surface area contributed by atoms with E-state index in [0.717, 1.165) is 54.0 Å². The van der Waals surface area contributed by atoms with Gasteiger partial charge in [0, 0.05) is 30.0 Å². The third-order valence-electron chi connectivity index (χ3n) is 8.00. The van der Waals surface area contributed by atoms with E-state index in [-0.39, 0.29) is 0 Å². The summed E-state index contributed by atoms with van der Waals surface area (Å²) in [5.74, 6) is 0.968. The van der Waals surface area contributed by atoms with Crippen LogP contribution in [0.2, 0.25) is 0 Å². The first-order valence-electron chi connectivity index (χ1n) is 14.1. The number of fused-ring (bicyclic) bond motifs is 1. The lowest BCUT2D eigenvalue weighted by Crippen LogP contribution is -2.09. The van der Waals surface area contributed by atoms with E-state index in [9.17, 15) is 0 Å². The van der Waals surface area contributed by atoms with Crippen LogP contribution < -0.4 is 5.32 Å². The van der Waals surface area contributed by atoms with Crippen LogP contribution in [-0.2, 0) is 13.0 Å². The quantitative estimate of drug-likeness (QED) is 0.238. The molecule has 2 atom stereocenters. The second-order valence-corrected chi connectivity index (χ2v) is 10.8. The normalized spacial score (nSPS) is 13.3. The summed E-state index contributed by atoms with van der Waals surface area (Å²) < 4.78 is 2.48. The van der Waals surface area contributed by atoms with Crippen LogP contribution in [0.25, 0.3) is 22.3 Å². The van der Waals surface area contributed by atoms with Crippen LogP contribution in [0.4, 0.5) is 5.69 Å². The van der Waals surface area contributed by atoms with E-state index in [0.29, 0.717) is 17.9 Å². The molecule has 0 spiro atoms. The van der Waals surface area contributed by atoms with Crippen molar-refractivity contribution in [2.24, 2.45) is 0 Å². The number of rotatable bonds is 10. The number of hydrogen-bond acceptors (Lipinski definition) is 3. The molecule has 0 aliphatic carbocycles. The monoisotopic (exact) mass is 496 g/mol. The number of anilines is 1. The van der Waals surface area contributed by atoms with Gasteiger partial charge in [-0.25, -0.2) is 4.98 Å². The average Bonchev–Trinajstić information content (AvgIpc) is 3.22. The van der Waals surface area contributed by atoms with Gasteiger partial charge in [0.05, 0.1) is 28.1 Å². The van der Waals surface area contributed by atoms with Crippen LogP contribution in [-0.4, -0.2) is 14.5 Å². The highest BCUT2D eigenvalue weighted by molar-refractivity contribution is 5.95. The van der Waals surface area contributed by atoms with Crippen molar-refractivity contribution in [1.82, 2.24) is 14.5 Å². The van der Waals surface area contributed by atoms with Crippen molar-refractivity contribution < 1.29 is 0 Å². The number of benzene rings is 1. The summed E-state index contributed by atoms with van der Waals surface area (Å²) in [4.78, 5) is 10.1. The molecule has 4 nitrogen and oxygen atoms in total. The molecule has 1 aromatic carbocycles. The lowest BCUT2D eigenvalue weighted by atomic mass is 9.97. The molecule has 0 fully saturated rings. The minimum absolute atomic E-state index is 0.350. The Morgan fingerprint density at radius 2 is 1.62 bits per heavy atom. The Hall–Kier alpha value is -3.14. The first-order valence-corrected chi connectivity index (χ1v) is 14.1. The number of nitrogens with zero attached hydrogens (tertiary/aromatic N) is 3. The van der Waals surface area contributed by atoms with Gasteiger partial charge in [-0.05, 0) is 86.8 Å². The fraction of sp³-hybridized carbons (Fsp3) is 0.455. The Labute approximate surface area is 223 Å². The van der Waals surface area contributed by atoms with Crippen LogP contribution >= 0.6 is 0 Å². The fourth-order valence-electron chi connectivity index (χ4n) is 5.39. The molecule has 0 aliphatic rings. The summed E-state index contributed by atoms with van der Waals surface area (Å²) in [7, 11) is 0. The minimum Gasteiger partial charge on any atom is -0.379 e. The molecule has 0 radical (unpaired) electrons. The molecule has 3 aromatic heterocycles. The molecule has 1 N–H and O–H groups in total. The molecule has 0 saturated heterocycles. The zero-order valence-corrected chi connectivity index (χ0v) is 24.0. The molecule has 0 bridgehead atoms. The molecule has 0 amide bonds. The lowest BCUT2D eigenvalue weighted by molar-refractivity contribution is 0.596. The van der Waals surface area contributed by atoms with E-state index in [1.807, 2.05) is 12.3 Å². The predicted molar refractivity (Wildman–Crippen MR) is 159 cm³/mol. The van der Waals surface area contributed by atoms with Crippen LogP contribution in [0, 0.1) is 6.92 Å². The summed E-state index contributed by atoms with van der Waals surface area (Å²) >= 11 is 0. The standard InChI is InChI=1S/C33H44N4/c1-9-22(6)26-16-14-25(15-17-26)20-35-29-19-28(27-13-12-18-34-31(27)23(7)10-2)36-32-24(8)30(11-3)37(21(4)5)33(29)32/h12-19,21-23H,9-11,20H2,1-8H3,(H,35,36). The van der Waals surface area contributed by atoms with Gasteiger partial charge in [0.2, 0.25) is 0 Å². The van der Waals surface area contributed by atoms with E-state index in [1.165, 1.54) is 27.9 Å². The second-order valence-electron chi connectivity index (χ2n) is 10.8. The summed E-state index contributed by atoms with van der Waals surface area (Å²) in [5, 5.41) is 3.82. The predicted octanol–water partition coefficient (Wildman–Crippen LogP) is 9.19. The number of aryl methyl sites for hydroxylation is 1. The van der Waals surface area contributed by atoms with Crippen molar-refractivity contribution >= 4 is 16.7 Å². The Morgan fingerprint density at radius 1 is 0.919 bits per heavy atom.